The minimum absolute atomic E-state index is 0.744. The second-order valence-electron chi connectivity index (χ2n) is 4.73. The van der Waals surface area contributed by atoms with Gasteiger partial charge in [-0.2, -0.15) is 0 Å². The first-order valence-electron chi connectivity index (χ1n) is 7.01. The van der Waals surface area contributed by atoms with Crippen LogP contribution < -0.4 is 10.1 Å². The van der Waals surface area contributed by atoms with Gasteiger partial charge in [-0.05, 0) is 31.0 Å². The van der Waals surface area contributed by atoms with E-state index in [1.54, 1.807) is 0 Å². The van der Waals surface area contributed by atoms with Crippen molar-refractivity contribution in [3.63, 3.8) is 0 Å². The number of pyridine rings is 1. The number of aromatic nitrogens is 1. The van der Waals surface area contributed by atoms with Crippen molar-refractivity contribution in [2.24, 2.45) is 0 Å². The van der Waals surface area contributed by atoms with Crippen LogP contribution in [0.5, 0.6) is 5.88 Å². The topological polar surface area (TPSA) is 34.1 Å². The molecule has 102 valence electrons. The Morgan fingerprint density at radius 2 is 2.05 bits per heavy atom. The van der Waals surface area contributed by atoms with Gasteiger partial charge in [-0.3, -0.25) is 0 Å². The van der Waals surface area contributed by atoms with Crippen LogP contribution in [0, 0.1) is 0 Å². The third kappa shape index (κ3) is 3.67. The van der Waals surface area contributed by atoms with E-state index in [4.69, 9.17) is 4.74 Å². The number of ether oxygens (including phenoxy) is 1. The van der Waals surface area contributed by atoms with Gasteiger partial charge in [-0.25, -0.2) is 4.98 Å². The van der Waals surface area contributed by atoms with Crippen molar-refractivity contribution in [1.82, 2.24) is 10.3 Å². The van der Waals surface area contributed by atoms with Crippen LogP contribution in [0.2, 0.25) is 0 Å². The molecule has 3 heteroatoms. The lowest BCUT2D eigenvalue weighted by atomic mass is 10.1. The summed E-state index contributed by atoms with van der Waals surface area (Å²) in [7, 11) is 1.93. The lowest BCUT2D eigenvalue weighted by Gasteiger charge is -2.10. The van der Waals surface area contributed by atoms with Gasteiger partial charge in [0, 0.05) is 11.9 Å². The number of unbranched alkanes of at least 4 members (excludes halogenated alkanes) is 2. The quantitative estimate of drug-likeness (QED) is 0.771. The molecule has 0 amide bonds. The van der Waals surface area contributed by atoms with Crippen LogP contribution >= 0.6 is 0 Å². The number of hydrogen-bond acceptors (Lipinski definition) is 3. The fourth-order valence-corrected chi connectivity index (χ4v) is 2.12. The third-order valence-electron chi connectivity index (χ3n) is 3.10. The molecule has 1 N–H and O–H groups in total. The van der Waals surface area contributed by atoms with E-state index < -0.39 is 0 Å². The van der Waals surface area contributed by atoms with E-state index >= 15 is 0 Å². The summed E-state index contributed by atoms with van der Waals surface area (Å²) >= 11 is 0. The molecule has 0 aliphatic heterocycles. The average Bonchev–Trinajstić information content (AvgIpc) is 2.44. The zero-order valence-corrected chi connectivity index (χ0v) is 11.8. The standard InChI is InChI=1S/C16H22N2O/c1-3-4-7-10-19-16-15-9-6-5-8-13(15)11-14(18-16)12-17-2/h5-6,8-9,11,17H,3-4,7,10,12H2,1-2H3. The summed E-state index contributed by atoms with van der Waals surface area (Å²) in [5, 5.41) is 5.42. The number of nitrogens with zero attached hydrogens (tertiary/aromatic N) is 1. The highest BCUT2D eigenvalue weighted by atomic mass is 16.5. The Bertz CT molecular complexity index is 525. The summed E-state index contributed by atoms with van der Waals surface area (Å²) in [5.41, 5.74) is 1.02. The molecule has 19 heavy (non-hydrogen) atoms. The summed E-state index contributed by atoms with van der Waals surface area (Å²) in [5.74, 6) is 0.763. The highest BCUT2D eigenvalue weighted by Gasteiger charge is 2.06. The van der Waals surface area contributed by atoms with Crippen molar-refractivity contribution in [2.45, 2.75) is 32.7 Å². The number of fused-ring (bicyclic) bond motifs is 1. The molecular weight excluding hydrogens is 236 g/mol. The van der Waals surface area contributed by atoms with E-state index in [0.29, 0.717) is 0 Å². The minimum Gasteiger partial charge on any atom is -0.477 e. The summed E-state index contributed by atoms with van der Waals surface area (Å²) in [6.07, 6.45) is 3.49. The van der Waals surface area contributed by atoms with Gasteiger partial charge in [0.05, 0.1) is 12.3 Å². The normalized spacial score (nSPS) is 10.8. The second kappa shape index (κ2) is 7.10. The highest BCUT2D eigenvalue weighted by molar-refractivity contribution is 5.87. The summed E-state index contributed by atoms with van der Waals surface area (Å²) in [4.78, 5) is 4.60. The Balaban J connectivity index is 2.23. The maximum absolute atomic E-state index is 5.87. The largest absolute Gasteiger partial charge is 0.477 e. The SMILES string of the molecule is CCCCCOc1nc(CNC)cc2ccccc12. The fraction of sp³-hybridized carbons (Fsp3) is 0.438. The van der Waals surface area contributed by atoms with Gasteiger partial charge >= 0.3 is 0 Å². The fourth-order valence-electron chi connectivity index (χ4n) is 2.12. The second-order valence-corrected chi connectivity index (χ2v) is 4.73. The van der Waals surface area contributed by atoms with Crippen molar-refractivity contribution < 1.29 is 4.74 Å². The summed E-state index contributed by atoms with van der Waals surface area (Å²) in [6.45, 7) is 3.70. The molecule has 1 aromatic heterocycles. The van der Waals surface area contributed by atoms with E-state index in [-0.39, 0.29) is 0 Å². The number of hydrogen-bond donors (Lipinski definition) is 1. The van der Waals surface area contributed by atoms with E-state index in [1.807, 2.05) is 19.2 Å². The van der Waals surface area contributed by atoms with Crippen LogP contribution in [0.15, 0.2) is 30.3 Å². The van der Waals surface area contributed by atoms with Gasteiger partial charge in [-0.15, -0.1) is 0 Å². The first-order valence-corrected chi connectivity index (χ1v) is 7.01. The van der Waals surface area contributed by atoms with E-state index in [9.17, 15) is 0 Å². The van der Waals surface area contributed by atoms with E-state index in [2.05, 4.69) is 35.4 Å². The number of nitrogens with one attached hydrogen (secondary N) is 1. The molecule has 2 aromatic rings. The van der Waals surface area contributed by atoms with Crippen molar-refractivity contribution in [3.8, 4) is 5.88 Å². The highest BCUT2D eigenvalue weighted by Crippen LogP contribution is 2.24. The molecule has 0 radical (unpaired) electrons. The molecule has 0 spiro atoms. The van der Waals surface area contributed by atoms with E-state index in [1.165, 1.54) is 18.2 Å². The lowest BCUT2D eigenvalue weighted by Crippen LogP contribution is -2.08. The maximum Gasteiger partial charge on any atom is 0.221 e. The smallest absolute Gasteiger partial charge is 0.221 e. The molecule has 0 aliphatic carbocycles. The number of benzene rings is 1. The predicted molar refractivity (Wildman–Crippen MR) is 79.5 cm³/mol. The molecule has 2 rings (SSSR count). The Hall–Kier alpha value is -1.61. The van der Waals surface area contributed by atoms with Crippen molar-refractivity contribution in [2.75, 3.05) is 13.7 Å². The van der Waals surface area contributed by atoms with Crippen LogP contribution in [0.4, 0.5) is 0 Å². The van der Waals surface area contributed by atoms with Gasteiger partial charge in [0.15, 0.2) is 0 Å². The Morgan fingerprint density at radius 1 is 1.21 bits per heavy atom. The monoisotopic (exact) mass is 258 g/mol. The molecular formula is C16H22N2O. The molecule has 0 atom stereocenters. The average molecular weight is 258 g/mol. The maximum atomic E-state index is 5.87. The van der Waals surface area contributed by atoms with Gasteiger partial charge < -0.3 is 10.1 Å². The van der Waals surface area contributed by atoms with Gasteiger partial charge in [0.25, 0.3) is 0 Å². The number of rotatable bonds is 7. The zero-order valence-electron chi connectivity index (χ0n) is 11.8. The van der Waals surface area contributed by atoms with Gasteiger partial charge in [0.1, 0.15) is 0 Å². The Kier molecular flexibility index (Phi) is 5.16. The first-order chi connectivity index (χ1) is 9.35. The molecule has 3 nitrogen and oxygen atoms in total. The summed E-state index contributed by atoms with van der Waals surface area (Å²) in [6, 6.07) is 10.4. The Morgan fingerprint density at radius 3 is 2.84 bits per heavy atom. The van der Waals surface area contributed by atoms with E-state index in [0.717, 1.165) is 36.5 Å². The Labute approximate surface area is 115 Å². The van der Waals surface area contributed by atoms with Crippen LogP contribution in [0.1, 0.15) is 31.9 Å². The lowest BCUT2D eigenvalue weighted by molar-refractivity contribution is 0.298. The summed E-state index contributed by atoms with van der Waals surface area (Å²) < 4.78 is 5.87. The molecule has 0 unspecified atom stereocenters. The van der Waals surface area contributed by atoms with Crippen LogP contribution in [-0.4, -0.2) is 18.6 Å². The van der Waals surface area contributed by atoms with Gasteiger partial charge in [0.2, 0.25) is 5.88 Å². The molecule has 0 aliphatic rings. The zero-order chi connectivity index (χ0) is 13.5. The van der Waals surface area contributed by atoms with Gasteiger partial charge in [-0.1, -0.05) is 38.0 Å². The third-order valence-corrected chi connectivity index (χ3v) is 3.10. The molecule has 0 saturated carbocycles. The minimum atomic E-state index is 0.744. The molecule has 1 heterocycles. The van der Waals surface area contributed by atoms with Crippen molar-refractivity contribution in [3.05, 3.63) is 36.0 Å². The molecule has 1 aromatic carbocycles. The van der Waals surface area contributed by atoms with Crippen molar-refractivity contribution in [1.29, 1.82) is 0 Å². The van der Waals surface area contributed by atoms with Crippen LogP contribution in [0.25, 0.3) is 10.8 Å². The molecule has 0 fully saturated rings. The molecule has 0 saturated heterocycles. The van der Waals surface area contributed by atoms with Crippen LogP contribution in [0.3, 0.4) is 0 Å². The van der Waals surface area contributed by atoms with Crippen molar-refractivity contribution >= 4 is 10.8 Å². The first kappa shape index (κ1) is 13.8. The molecule has 0 bridgehead atoms. The van der Waals surface area contributed by atoms with Crippen LogP contribution in [-0.2, 0) is 6.54 Å². The predicted octanol–water partition coefficient (Wildman–Crippen LogP) is 3.52.